The lowest BCUT2D eigenvalue weighted by Gasteiger charge is -2.16. The van der Waals surface area contributed by atoms with Gasteiger partial charge in [-0.25, -0.2) is 15.6 Å². The quantitative estimate of drug-likeness (QED) is 0.550. The smallest absolute Gasteiger partial charge is 0.325 e. The highest BCUT2D eigenvalue weighted by molar-refractivity contribution is 6.03. The van der Waals surface area contributed by atoms with E-state index in [1.807, 2.05) is 57.2 Å². The minimum atomic E-state index is -1.11. The fourth-order valence-electron chi connectivity index (χ4n) is 3.36. The normalized spacial score (nSPS) is 18.8. The number of anilines is 1. The third-order valence-electron chi connectivity index (χ3n) is 5.20. The van der Waals surface area contributed by atoms with Crippen LogP contribution in [0.15, 0.2) is 42.5 Å². The highest BCUT2D eigenvalue weighted by atomic mass is 16.5. The zero-order chi connectivity index (χ0) is 22.5. The number of esters is 1. The monoisotopic (exact) mass is 424 g/mol. The van der Waals surface area contributed by atoms with Gasteiger partial charge in [0, 0.05) is 11.7 Å². The summed E-state index contributed by atoms with van der Waals surface area (Å²) in [6, 6.07) is 12.3. The number of hydrogen-bond acceptors (Lipinski definition) is 6. The van der Waals surface area contributed by atoms with E-state index in [1.54, 1.807) is 6.07 Å². The zero-order valence-electron chi connectivity index (χ0n) is 18.1. The number of carbonyl (C=O) groups is 3. The first-order valence-corrected chi connectivity index (χ1v) is 10.2. The van der Waals surface area contributed by atoms with E-state index in [2.05, 4.69) is 21.5 Å². The molecule has 164 valence electrons. The minimum Gasteiger partial charge on any atom is -0.451 e. The van der Waals surface area contributed by atoms with Gasteiger partial charge in [0.05, 0.1) is 0 Å². The molecule has 3 rings (SSSR count). The lowest BCUT2D eigenvalue weighted by Crippen LogP contribution is -2.44. The molecule has 4 N–H and O–H groups in total. The summed E-state index contributed by atoms with van der Waals surface area (Å²) in [5.41, 5.74) is 10.8. The van der Waals surface area contributed by atoms with E-state index in [9.17, 15) is 14.4 Å². The summed E-state index contributed by atoms with van der Waals surface area (Å²) in [4.78, 5) is 36.8. The van der Waals surface area contributed by atoms with Crippen molar-refractivity contribution in [2.45, 2.75) is 52.3 Å². The number of hydrogen-bond donors (Lipinski definition) is 4. The molecule has 0 bridgehead atoms. The van der Waals surface area contributed by atoms with Gasteiger partial charge < -0.3 is 10.1 Å². The van der Waals surface area contributed by atoms with E-state index in [4.69, 9.17) is 4.74 Å². The van der Waals surface area contributed by atoms with Crippen LogP contribution < -0.4 is 21.5 Å². The molecule has 3 atom stereocenters. The number of urea groups is 1. The van der Waals surface area contributed by atoms with Gasteiger partial charge in [0.1, 0.15) is 6.04 Å². The number of imide groups is 1. The topological polar surface area (TPSA) is 109 Å². The maximum atomic E-state index is 12.4. The summed E-state index contributed by atoms with van der Waals surface area (Å²) in [5, 5.41) is 4.83. The predicted molar refractivity (Wildman–Crippen MR) is 117 cm³/mol. The van der Waals surface area contributed by atoms with Crippen molar-refractivity contribution in [1.82, 2.24) is 16.2 Å². The Morgan fingerprint density at radius 3 is 2.35 bits per heavy atom. The van der Waals surface area contributed by atoms with Gasteiger partial charge in [-0.1, -0.05) is 47.5 Å². The molecule has 3 unspecified atom stereocenters. The first-order chi connectivity index (χ1) is 14.7. The van der Waals surface area contributed by atoms with Gasteiger partial charge in [0.15, 0.2) is 6.10 Å². The Kier molecular flexibility index (Phi) is 7.04. The SMILES string of the molecule is Cc1ccc(C2CC(C(=O)OC(C)C(=O)NC(=O)Nc3ccc(C)cc3C)NN2)cc1. The van der Waals surface area contributed by atoms with Crippen molar-refractivity contribution in [3.8, 4) is 0 Å². The first kappa shape index (κ1) is 22.5. The number of nitrogens with one attached hydrogen (secondary N) is 4. The molecule has 0 spiro atoms. The standard InChI is InChI=1S/C23H28N4O4/c1-13-5-8-17(9-6-13)19-12-20(27-26-19)22(29)31-16(4)21(28)25-23(30)24-18-10-7-14(2)11-15(18)3/h5-11,16,19-20,26-27H,12H2,1-4H3,(H2,24,25,28,30). The molecular weight excluding hydrogens is 396 g/mol. The molecule has 0 radical (unpaired) electrons. The first-order valence-electron chi connectivity index (χ1n) is 10.2. The van der Waals surface area contributed by atoms with Gasteiger partial charge >= 0.3 is 12.0 Å². The van der Waals surface area contributed by atoms with Crippen molar-refractivity contribution >= 4 is 23.6 Å². The second kappa shape index (κ2) is 9.72. The van der Waals surface area contributed by atoms with Gasteiger partial charge in [-0.3, -0.25) is 14.9 Å². The van der Waals surface area contributed by atoms with Gasteiger partial charge in [-0.2, -0.15) is 0 Å². The molecule has 8 heteroatoms. The number of ether oxygens (including phenoxy) is 1. The van der Waals surface area contributed by atoms with Crippen LogP contribution in [-0.2, 0) is 14.3 Å². The summed E-state index contributed by atoms with van der Waals surface area (Å²) in [7, 11) is 0. The number of aryl methyl sites for hydroxylation is 3. The van der Waals surface area contributed by atoms with Gasteiger partial charge in [-0.15, -0.1) is 0 Å². The third kappa shape index (κ3) is 5.90. The molecule has 2 aromatic carbocycles. The van der Waals surface area contributed by atoms with E-state index < -0.39 is 30.1 Å². The van der Waals surface area contributed by atoms with Crippen LogP contribution in [0.5, 0.6) is 0 Å². The second-order valence-electron chi connectivity index (χ2n) is 7.88. The Balaban J connectivity index is 1.48. The summed E-state index contributed by atoms with van der Waals surface area (Å²) < 4.78 is 5.26. The number of amides is 3. The molecule has 0 aliphatic carbocycles. The van der Waals surface area contributed by atoms with Crippen LogP contribution in [0.1, 0.15) is 41.6 Å². The Bertz CT molecular complexity index is 974. The van der Waals surface area contributed by atoms with E-state index in [-0.39, 0.29) is 6.04 Å². The molecular formula is C23H28N4O4. The van der Waals surface area contributed by atoms with Gasteiger partial charge in [0.25, 0.3) is 5.91 Å². The minimum absolute atomic E-state index is 0.0363. The number of hydrazine groups is 1. The number of rotatable bonds is 5. The van der Waals surface area contributed by atoms with Crippen LogP contribution in [0, 0.1) is 20.8 Å². The Morgan fingerprint density at radius 1 is 1.00 bits per heavy atom. The van der Waals surface area contributed by atoms with E-state index >= 15 is 0 Å². The van der Waals surface area contributed by atoms with Crippen molar-refractivity contribution in [2.75, 3.05) is 5.32 Å². The Hall–Kier alpha value is -3.23. The summed E-state index contributed by atoms with van der Waals surface area (Å²) in [6.07, 6.45) is -0.624. The predicted octanol–water partition coefficient (Wildman–Crippen LogP) is 2.80. The molecule has 0 aromatic heterocycles. The maximum absolute atomic E-state index is 12.4. The van der Waals surface area contributed by atoms with Crippen molar-refractivity contribution in [3.05, 3.63) is 64.7 Å². The summed E-state index contributed by atoms with van der Waals surface area (Å²) in [6.45, 7) is 7.26. The second-order valence-corrected chi connectivity index (χ2v) is 7.88. The summed E-state index contributed by atoms with van der Waals surface area (Å²) >= 11 is 0. The largest absolute Gasteiger partial charge is 0.451 e. The lowest BCUT2D eigenvalue weighted by atomic mass is 10.0. The van der Waals surface area contributed by atoms with Crippen LogP contribution in [0.3, 0.4) is 0 Å². The van der Waals surface area contributed by atoms with Crippen molar-refractivity contribution in [2.24, 2.45) is 0 Å². The molecule has 1 fully saturated rings. The van der Waals surface area contributed by atoms with E-state index in [1.165, 1.54) is 6.92 Å². The average molecular weight is 425 g/mol. The molecule has 1 heterocycles. The summed E-state index contributed by atoms with van der Waals surface area (Å²) in [5.74, 6) is -1.25. The molecule has 1 aliphatic heterocycles. The van der Waals surface area contributed by atoms with E-state index in [0.29, 0.717) is 12.1 Å². The van der Waals surface area contributed by atoms with Crippen molar-refractivity contribution < 1.29 is 19.1 Å². The molecule has 1 saturated heterocycles. The van der Waals surface area contributed by atoms with Crippen molar-refractivity contribution in [1.29, 1.82) is 0 Å². The van der Waals surface area contributed by atoms with Crippen molar-refractivity contribution in [3.63, 3.8) is 0 Å². The fourth-order valence-corrected chi connectivity index (χ4v) is 3.36. The lowest BCUT2D eigenvalue weighted by molar-refractivity contribution is -0.156. The zero-order valence-corrected chi connectivity index (χ0v) is 18.1. The molecule has 2 aromatic rings. The van der Waals surface area contributed by atoms with Gasteiger partial charge in [-0.05, 0) is 51.3 Å². The van der Waals surface area contributed by atoms with Crippen LogP contribution in [0.2, 0.25) is 0 Å². The third-order valence-corrected chi connectivity index (χ3v) is 5.20. The van der Waals surface area contributed by atoms with Crippen LogP contribution in [0.25, 0.3) is 0 Å². The average Bonchev–Trinajstić information content (AvgIpc) is 3.21. The number of carbonyl (C=O) groups excluding carboxylic acids is 3. The molecule has 8 nitrogen and oxygen atoms in total. The van der Waals surface area contributed by atoms with Gasteiger partial charge in [0.2, 0.25) is 0 Å². The van der Waals surface area contributed by atoms with Crippen LogP contribution >= 0.6 is 0 Å². The van der Waals surface area contributed by atoms with Crippen LogP contribution in [-0.4, -0.2) is 30.1 Å². The Labute approximate surface area is 181 Å². The maximum Gasteiger partial charge on any atom is 0.325 e. The molecule has 31 heavy (non-hydrogen) atoms. The van der Waals surface area contributed by atoms with Crippen LogP contribution in [0.4, 0.5) is 10.5 Å². The fraction of sp³-hybridized carbons (Fsp3) is 0.348. The number of benzene rings is 2. The Morgan fingerprint density at radius 2 is 1.68 bits per heavy atom. The highest BCUT2D eigenvalue weighted by Gasteiger charge is 2.33. The molecule has 3 amide bonds. The highest BCUT2D eigenvalue weighted by Crippen LogP contribution is 2.23. The molecule has 1 aliphatic rings. The van der Waals surface area contributed by atoms with E-state index in [0.717, 1.165) is 22.3 Å². The molecule has 0 saturated carbocycles.